The Morgan fingerprint density at radius 2 is 1.93 bits per heavy atom. The van der Waals surface area contributed by atoms with E-state index < -0.39 is 5.41 Å². The molecule has 1 aliphatic heterocycles. The molecule has 1 fully saturated rings. The maximum Gasteiger partial charge on any atom is 0.231 e. The normalized spacial score (nSPS) is 17.6. The first-order valence-electron chi connectivity index (χ1n) is 9.10. The zero-order valence-corrected chi connectivity index (χ0v) is 15.5. The minimum Gasteiger partial charge on any atom is -0.454 e. The molecule has 0 unspecified atom stereocenters. The second-order valence-electron chi connectivity index (χ2n) is 7.36. The summed E-state index contributed by atoms with van der Waals surface area (Å²) < 4.78 is 25.0. The standard InChI is InChI=1S/C21H23FN2O3/c1-24(2)17(14-7-8-18-19(11-14)27-13-26-18)12-23-20(25)21(9-10-21)15-5-3-4-6-16(15)22/h3-8,11,17H,9-10,12-13H2,1-2H3,(H,23,25)/t17-/m0/s1. The Labute approximate surface area is 158 Å². The van der Waals surface area contributed by atoms with Gasteiger partial charge in [0, 0.05) is 12.1 Å². The number of likely N-dealkylation sites (N-methyl/N-ethyl adjacent to an activating group) is 1. The van der Waals surface area contributed by atoms with Gasteiger partial charge in [0.2, 0.25) is 12.7 Å². The Kier molecular flexibility index (Phi) is 4.52. The summed E-state index contributed by atoms with van der Waals surface area (Å²) in [6.45, 7) is 0.662. The van der Waals surface area contributed by atoms with Crippen LogP contribution in [0.1, 0.15) is 30.0 Å². The van der Waals surface area contributed by atoms with Crippen LogP contribution in [-0.4, -0.2) is 38.2 Å². The number of nitrogens with zero attached hydrogens (tertiary/aromatic N) is 1. The highest BCUT2D eigenvalue weighted by molar-refractivity contribution is 5.91. The molecule has 1 saturated carbocycles. The van der Waals surface area contributed by atoms with Gasteiger partial charge < -0.3 is 19.7 Å². The Balaban J connectivity index is 1.49. The van der Waals surface area contributed by atoms with Crippen LogP contribution < -0.4 is 14.8 Å². The van der Waals surface area contributed by atoms with Gasteiger partial charge in [-0.25, -0.2) is 4.39 Å². The van der Waals surface area contributed by atoms with E-state index in [1.165, 1.54) is 6.07 Å². The van der Waals surface area contributed by atoms with E-state index in [9.17, 15) is 9.18 Å². The molecule has 6 heteroatoms. The molecule has 0 saturated heterocycles. The fourth-order valence-electron chi connectivity index (χ4n) is 3.67. The van der Waals surface area contributed by atoms with Crippen LogP contribution in [0.4, 0.5) is 4.39 Å². The number of rotatable bonds is 6. The number of hydrogen-bond acceptors (Lipinski definition) is 4. The zero-order valence-electron chi connectivity index (χ0n) is 15.5. The predicted octanol–water partition coefficient (Wildman–Crippen LogP) is 3.01. The summed E-state index contributed by atoms with van der Waals surface area (Å²) >= 11 is 0. The van der Waals surface area contributed by atoms with Gasteiger partial charge in [0.1, 0.15) is 5.82 Å². The van der Waals surface area contributed by atoms with E-state index in [0.717, 1.165) is 17.1 Å². The van der Waals surface area contributed by atoms with E-state index in [2.05, 4.69) is 5.32 Å². The lowest BCUT2D eigenvalue weighted by Crippen LogP contribution is -2.40. The maximum atomic E-state index is 14.2. The average Bonchev–Trinajstić information content (AvgIpc) is 3.32. The highest BCUT2D eigenvalue weighted by Crippen LogP contribution is 2.49. The number of halogens is 1. The van der Waals surface area contributed by atoms with Crippen molar-refractivity contribution in [1.82, 2.24) is 10.2 Å². The molecule has 4 rings (SSSR count). The summed E-state index contributed by atoms with van der Waals surface area (Å²) in [5, 5.41) is 3.04. The van der Waals surface area contributed by atoms with Crippen LogP contribution in [0.2, 0.25) is 0 Å². The van der Waals surface area contributed by atoms with E-state index in [4.69, 9.17) is 9.47 Å². The van der Waals surface area contributed by atoms with Crippen molar-refractivity contribution in [2.45, 2.75) is 24.3 Å². The van der Waals surface area contributed by atoms with Crippen LogP contribution >= 0.6 is 0 Å². The Bertz CT molecular complexity index is 864. The molecule has 1 aliphatic carbocycles. The number of carbonyl (C=O) groups is 1. The molecule has 0 radical (unpaired) electrons. The monoisotopic (exact) mass is 370 g/mol. The molecule has 2 aliphatic rings. The van der Waals surface area contributed by atoms with Crippen LogP contribution in [0.3, 0.4) is 0 Å². The lowest BCUT2D eigenvalue weighted by molar-refractivity contribution is -0.123. The van der Waals surface area contributed by atoms with Gasteiger partial charge in [0.05, 0.1) is 11.5 Å². The summed E-state index contributed by atoms with van der Waals surface area (Å²) in [5.74, 6) is 1.03. The molecule has 0 bridgehead atoms. The molecule has 1 N–H and O–H groups in total. The third-order valence-corrected chi connectivity index (χ3v) is 5.43. The molecule has 2 aromatic rings. The third kappa shape index (κ3) is 3.25. The van der Waals surface area contributed by atoms with Crippen molar-refractivity contribution in [2.75, 3.05) is 27.4 Å². The smallest absolute Gasteiger partial charge is 0.231 e. The van der Waals surface area contributed by atoms with Crippen LogP contribution in [0.15, 0.2) is 42.5 Å². The molecule has 0 spiro atoms. The van der Waals surface area contributed by atoms with Crippen molar-refractivity contribution in [2.24, 2.45) is 0 Å². The topological polar surface area (TPSA) is 50.8 Å². The number of nitrogens with one attached hydrogen (secondary N) is 1. The Morgan fingerprint density at radius 1 is 1.19 bits per heavy atom. The molecule has 2 aromatic carbocycles. The van der Waals surface area contributed by atoms with Crippen molar-refractivity contribution in [1.29, 1.82) is 0 Å². The Hall–Kier alpha value is -2.60. The molecular weight excluding hydrogens is 347 g/mol. The van der Waals surface area contributed by atoms with Gasteiger partial charge in [-0.3, -0.25) is 4.79 Å². The van der Waals surface area contributed by atoms with Gasteiger partial charge in [0.15, 0.2) is 11.5 Å². The summed E-state index contributed by atoms with van der Waals surface area (Å²) in [6, 6.07) is 12.3. The van der Waals surface area contributed by atoms with Crippen LogP contribution in [0, 0.1) is 5.82 Å². The molecule has 142 valence electrons. The second-order valence-corrected chi connectivity index (χ2v) is 7.36. The minimum atomic E-state index is -0.725. The quantitative estimate of drug-likeness (QED) is 0.849. The predicted molar refractivity (Wildman–Crippen MR) is 99.3 cm³/mol. The Morgan fingerprint density at radius 3 is 2.63 bits per heavy atom. The second kappa shape index (κ2) is 6.85. The van der Waals surface area contributed by atoms with Gasteiger partial charge in [-0.15, -0.1) is 0 Å². The summed E-state index contributed by atoms with van der Waals surface area (Å²) in [5.41, 5.74) is 0.796. The fraction of sp³-hybridized carbons (Fsp3) is 0.381. The van der Waals surface area contributed by atoms with Gasteiger partial charge in [0.25, 0.3) is 0 Å². The van der Waals surface area contributed by atoms with Crippen molar-refractivity contribution in [3.63, 3.8) is 0 Å². The molecular formula is C21H23FN2O3. The SMILES string of the molecule is CN(C)[C@@H](CNC(=O)C1(c2ccccc2F)CC1)c1ccc2c(c1)OCO2. The molecule has 1 heterocycles. The lowest BCUT2D eigenvalue weighted by Gasteiger charge is -2.26. The first kappa shape index (κ1) is 17.8. The number of fused-ring (bicyclic) bond motifs is 1. The number of hydrogen-bond donors (Lipinski definition) is 1. The fourth-order valence-corrected chi connectivity index (χ4v) is 3.67. The van der Waals surface area contributed by atoms with Crippen LogP contribution in [0.25, 0.3) is 0 Å². The maximum absolute atomic E-state index is 14.2. The first-order valence-corrected chi connectivity index (χ1v) is 9.10. The van der Waals surface area contributed by atoms with Gasteiger partial charge in [-0.2, -0.15) is 0 Å². The first-order chi connectivity index (χ1) is 13.0. The average molecular weight is 370 g/mol. The zero-order chi connectivity index (χ0) is 19.0. The molecule has 1 amide bonds. The number of amides is 1. The summed E-state index contributed by atoms with van der Waals surface area (Å²) in [7, 11) is 3.93. The van der Waals surface area contributed by atoms with E-state index in [0.29, 0.717) is 24.9 Å². The number of carbonyl (C=O) groups excluding carboxylic acids is 1. The largest absolute Gasteiger partial charge is 0.454 e. The summed E-state index contributed by atoms with van der Waals surface area (Å²) in [4.78, 5) is 14.9. The van der Waals surface area contributed by atoms with E-state index >= 15 is 0 Å². The van der Waals surface area contributed by atoms with Gasteiger partial charge in [-0.1, -0.05) is 24.3 Å². The van der Waals surface area contributed by atoms with Crippen molar-refractivity contribution in [3.8, 4) is 11.5 Å². The van der Waals surface area contributed by atoms with Gasteiger partial charge in [-0.05, 0) is 50.7 Å². The molecule has 5 nitrogen and oxygen atoms in total. The van der Waals surface area contributed by atoms with Crippen molar-refractivity contribution in [3.05, 3.63) is 59.4 Å². The third-order valence-electron chi connectivity index (χ3n) is 5.43. The molecule has 0 aromatic heterocycles. The number of benzene rings is 2. The van der Waals surface area contributed by atoms with Crippen molar-refractivity contribution >= 4 is 5.91 Å². The van der Waals surface area contributed by atoms with Crippen molar-refractivity contribution < 1.29 is 18.7 Å². The van der Waals surface area contributed by atoms with E-state index in [-0.39, 0.29) is 24.6 Å². The van der Waals surface area contributed by atoms with E-state index in [1.807, 2.05) is 37.2 Å². The van der Waals surface area contributed by atoms with E-state index in [1.54, 1.807) is 18.2 Å². The number of ether oxygens (including phenoxy) is 2. The minimum absolute atomic E-state index is 0.0279. The lowest BCUT2D eigenvalue weighted by atomic mass is 9.94. The van der Waals surface area contributed by atoms with Crippen LogP contribution in [0.5, 0.6) is 11.5 Å². The molecule has 1 atom stereocenters. The highest BCUT2D eigenvalue weighted by atomic mass is 19.1. The van der Waals surface area contributed by atoms with Crippen LogP contribution in [-0.2, 0) is 10.2 Å². The van der Waals surface area contributed by atoms with Gasteiger partial charge >= 0.3 is 0 Å². The highest BCUT2D eigenvalue weighted by Gasteiger charge is 2.52. The molecule has 27 heavy (non-hydrogen) atoms. The summed E-state index contributed by atoms with van der Waals surface area (Å²) in [6.07, 6.45) is 1.35.